The molecular weight excluding hydrogens is 246 g/mol. The Balaban J connectivity index is 2.99. The molecule has 1 rings (SSSR count). The Morgan fingerprint density at radius 3 is 2.47 bits per heavy atom. The minimum Gasteiger partial charge on any atom is -0.508 e. The van der Waals surface area contributed by atoms with Gasteiger partial charge in [0, 0.05) is 11.6 Å². The number of hydrogen-bond acceptors (Lipinski definition) is 4. The first-order valence-electron chi connectivity index (χ1n) is 6.04. The van der Waals surface area contributed by atoms with Gasteiger partial charge in [-0.05, 0) is 38.5 Å². The van der Waals surface area contributed by atoms with E-state index < -0.39 is 5.97 Å². The van der Waals surface area contributed by atoms with Gasteiger partial charge in [-0.2, -0.15) is 0 Å². The van der Waals surface area contributed by atoms with E-state index in [0.29, 0.717) is 11.1 Å². The van der Waals surface area contributed by atoms with Crippen LogP contribution in [0.5, 0.6) is 5.75 Å². The maximum absolute atomic E-state index is 12.3. The van der Waals surface area contributed by atoms with Gasteiger partial charge < -0.3 is 14.7 Å². The first-order chi connectivity index (χ1) is 8.86. The van der Waals surface area contributed by atoms with Crippen LogP contribution in [0.25, 0.3) is 0 Å². The van der Waals surface area contributed by atoms with Crippen molar-refractivity contribution in [2.45, 2.75) is 26.8 Å². The number of phenolic OH excluding ortho intramolecular Hbond substituents is 1. The molecule has 5 heteroatoms. The van der Waals surface area contributed by atoms with E-state index in [9.17, 15) is 14.7 Å². The molecule has 104 valence electrons. The second-order valence-corrected chi connectivity index (χ2v) is 4.60. The molecule has 0 radical (unpaired) electrons. The first-order valence-corrected chi connectivity index (χ1v) is 6.04. The normalized spacial score (nSPS) is 10.4. The van der Waals surface area contributed by atoms with E-state index in [0.717, 1.165) is 0 Å². The highest BCUT2D eigenvalue weighted by molar-refractivity contribution is 5.96. The minimum atomic E-state index is -0.474. The van der Waals surface area contributed by atoms with Crippen LogP contribution in [-0.4, -0.2) is 41.6 Å². The summed E-state index contributed by atoms with van der Waals surface area (Å²) in [6, 6.07) is 4.56. The molecule has 1 amide bonds. The molecule has 0 fully saturated rings. The number of nitrogens with zero attached hydrogens (tertiary/aromatic N) is 1. The largest absolute Gasteiger partial charge is 0.508 e. The Kier molecular flexibility index (Phi) is 4.92. The van der Waals surface area contributed by atoms with Gasteiger partial charge in [0.05, 0.1) is 7.11 Å². The summed E-state index contributed by atoms with van der Waals surface area (Å²) in [5.74, 6) is -0.721. The molecule has 1 aromatic carbocycles. The van der Waals surface area contributed by atoms with Crippen molar-refractivity contribution in [2.75, 3.05) is 13.7 Å². The number of carbonyl (C=O) groups is 2. The van der Waals surface area contributed by atoms with Gasteiger partial charge in [0.15, 0.2) is 0 Å². The monoisotopic (exact) mass is 265 g/mol. The van der Waals surface area contributed by atoms with Gasteiger partial charge in [-0.1, -0.05) is 6.07 Å². The Labute approximate surface area is 112 Å². The molecule has 0 bridgehead atoms. The standard InChI is InChI=1S/C14H19NO4/c1-9(2)15(8-13(17)19-4)14(18)11-6-5-10(3)12(16)7-11/h5-7,9,16H,8H2,1-4H3. The highest BCUT2D eigenvalue weighted by Gasteiger charge is 2.22. The molecule has 0 saturated heterocycles. The second kappa shape index (κ2) is 6.22. The number of aromatic hydroxyl groups is 1. The van der Waals surface area contributed by atoms with E-state index in [1.807, 2.05) is 13.8 Å². The average molecular weight is 265 g/mol. The predicted molar refractivity (Wildman–Crippen MR) is 71.0 cm³/mol. The summed E-state index contributed by atoms with van der Waals surface area (Å²) >= 11 is 0. The molecule has 0 saturated carbocycles. The molecular formula is C14H19NO4. The Morgan fingerprint density at radius 2 is 2.00 bits per heavy atom. The van der Waals surface area contributed by atoms with Crippen molar-refractivity contribution in [3.8, 4) is 5.75 Å². The molecule has 0 heterocycles. The number of aryl methyl sites for hydroxylation is 1. The van der Waals surface area contributed by atoms with E-state index in [1.165, 1.54) is 18.1 Å². The highest BCUT2D eigenvalue weighted by Crippen LogP contribution is 2.19. The van der Waals surface area contributed by atoms with Crippen molar-refractivity contribution in [3.63, 3.8) is 0 Å². The molecule has 0 aliphatic heterocycles. The second-order valence-electron chi connectivity index (χ2n) is 4.60. The number of hydrogen-bond donors (Lipinski definition) is 1. The number of carbonyl (C=O) groups excluding carboxylic acids is 2. The lowest BCUT2D eigenvalue weighted by molar-refractivity contribution is -0.141. The van der Waals surface area contributed by atoms with E-state index in [2.05, 4.69) is 4.74 Å². The van der Waals surface area contributed by atoms with Gasteiger partial charge in [-0.15, -0.1) is 0 Å². The first kappa shape index (κ1) is 15.0. The lowest BCUT2D eigenvalue weighted by Gasteiger charge is -2.25. The summed E-state index contributed by atoms with van der Waals surface area (Å²) in [7, 11) is 1.28. The molecule has 5 nitrogen and oxygen atoms in total. The van der Waals surface area contributed by atoms with Crippen LogP contribution in [-0.2, 0) is 9.53 Å². The van der Waals surface area contributed by atoms with Crippen LogP contribution >= 0.6 is 0 Å². The summed E-state index contributed by atoms with van der Waals surface area (Å²) in [6.45, 7) is 5.27. The number of methoxy groups -OCH3 is 1. The zero-order valence-corrected chi connectivity index (χ0v) is 11.6. The van der Waals surface area contributed by atoms with Crippen LogP contribution in [0.15, 0.2) is 18.2 Å². The Bertz CT molecular complexity index is 482. The fraction of sp³-hybridized carbons (Fsp3) is 0.429. The van der Waals surface area contributed by atoms with Crippen LogP contribution in [0.4, 0.5) is 0 Å². The molecule has 0 aliphatic rings. The quantitative estimate of drug-likeness (QED) is 0.842. The van der Waals surface area contributed by atoms with Gasteiger partial charge >= 0.3 is 5.97 Å². The molecule has 0 unspecified atom stereocenters. The topological polar surface area (TPSA) is 66.8 Å². The van der Waals surface area contributed by atoms with Gasteiger partial charge in [-0.3, -0.25) is 9.59 Å². The number of amides is 1. The zero-order valence-electron chi connectivity index (χ0n) is 11.6. The zero-order chi connectivity index (χ0) is 14.6. The third-order valence-corrected chi connectivity index (χ3v) is 2.87. The number of benzene rings is 1. The number of phenols is 1. The van der Waals surface area contributed by atoms with Gasteiger partial charge in [0.25, 0.3) is 5.91 Å². The van der Waals surface area contributed by atoms with Crippen molar-refractivity contribution >= 4 is 11.9 Å². The van der Waals surface area contributed by atoms with Gasteiger partial charge in [0.1, 0.15) is 12.3 Å². The molecule has 0 aliphatic carbocycles. The lowest BCUT2D eigenvalue weighted by Crippen LogP contribution is -2.41. The number of esters is 1. The van der Waals surface area contributed by atoms with Crippen LogP contribution < -0.4 is 0 Å². The Hall–Kier alpha value is -2.04. The lowest BCUT2D eigenvalue weighted by atomic mass is 10.1. The molecule has 1 aromatic rings. The van der Waals surface area contributed by atoms with Crippen molar-refractivity contribution in [1.29, 1.82) is 0 Å². The number of rotatable bonds is 4. The molecule has 0 aromatic heterocycles. The van der Waals surface area contributed by atoms with Crippen LogP contribution in [0.3, 0.4) is 0 Å². The Morgan fingerprint density at radius 1 is 1.37 bits per heavy atom. The number of ether oxygens (including phenoxy) is 1. The summed E-state index contributed by atoms with van der Waals surface area (Å²) < 4.78 is 4.58. The maximum atomic E-state index is 12.3. The molecule has 19 heavy (non-hydrogen) atoms. The highest BCUT2D eigenvalue weighted by atomic mass is 16.5. The fourth-order valence-corrected chi connectivity index (χ4v) is 1.60. The van der Waals surface area contributed by atoms with Crippen molar-refractivity contribution in [1.82, 2.24) is 4.90 Å². The predicted octanol–water partition coefficient (Wildman–Crippen LogP) is 1.72. The van der Waals surface area contributed by atoms with Crippen molar-refractivity contribution < 1.29 is 19.4 Å². The van der Waals surface area contributed by atoms with E-state index in [-0.39, 0.29) is 24.2 Å². The maximum Gasteiger partial charge on any atom is 0.325 e. The van der Waals surface area contributed by atoms with E-state index in [1.54, 1.807) is 19.1 Å². The summed E-state index contributed by atoms with van der Waals surface area (Å²) in [4.78, 5) is 25.0. The third kappa shape index (κ3) is 3.71. The van der Waals surface area contributed by atoms with E-state index >= 15 is 0 Å². The van der Waals surface area contributed by atoms with Gasteiger partial charge in [0.2, 0.25) is 0 Å². The van der Waals surface area contributed by atoms with Crippen LogP contribution in [0.1, 0.15) is 29.8 Å². The van der Waals surface area contributed by atoms with Crippen molar-refractivity contribution in [3.05, 3.63) is 29.3 Å². The van der Waals surface area contributed by atoms with Crippen LogP contribution in [0.2, 0.25) is 0 Å². The molecule has 0 atom stereocenters. The van der Waals surface area contributed by atoms with Gasteiger partial charge in [-0.25, -0.2) is 0 Å². The van der Waals surface area contributed by atoms with Crippen molar-refractivity contribution in [2.24, 2.45) is 0 Å². The smallest absolute Gasteiger partial charge is 0.325 e. The minimum absolute atomic E-state index is 0.0626. The average Bonchev–Trinajstić information content (AvgIpc) is 2.37. The SMILES string of the molecule is COC(=O)CN(C(=O)c1ccc(C)c(O)c1)C(C)C. The molecule has 0 spiro atoms. The van der Waals surface area contributed by atoms with E-state index in [4.69, 9.17) is 0 Å². The van der Waals surface area contributed by atoms with Crippen LogP contribution in [0, 0.1) is 6.92 Å². The summed E-state index contributed by atoms with van der Waals surface area (Å²) in [6.07, 6.45) is 0. The summed E-state index contributed by atoms with van der Waals surface area (Å²) in [5, 5.41) is 9.64. The summed E-state index contributed by atoms with van der Waals surface area (Å²) in [5.41, 5.74) is 1.04. The molecule has 1 N–H and O–H groups in total. The third-order valence-electron chi connectivity index (χ3n) is 2.87. The fourth-order valence-electron chi connectivity index (χ4n) is 1.60.